The first kappa shape index (κ1) is 13.4. The number of carbonyl (C=O) groups is 1. The van der Waals surface area contributed by atoms with Crippen LogP contribution in [0.1, 0.15) is 19.3 Å². The van der Waals surface area contributed by atoms with Crippen molar-refractivity contribution in [2.75, 3.05) is 18.6 Å². The Labute approximate surface area is 84.2 Å². The molecule has 0 rings (SSSR count). The second-order valence-electron chi connectivity index (χ2n) is 3.38. The van der Waals surface area contributed by atoms with Crippen LogP contribution < -0.4 is 5.73 Å². The van der Waals surface area contributed by atoms with Gasteiger partial charge in [-0.3, -0.25) is 4.79 Å². The number of carboxylic acid groups (broad SMARTS) is 1. The molecule has 1 unspecified atom stereocenters. The summed E-state index contributed by atoms with van der Waals surface area (Å²) in [6, 6.07) is 0. The summed E-state index contributed by atoms with van der Waals surface area (Å²) in [4.78, 5) is 10.6. The van der Waals surface area contributed by atoms with Crippen molar-refractivity contribution in [3.05, 3.63) is 0 Å². The second kappa shape index (κ2) is 5.98. The van der Waals surface area contributed by atoms with Crippen LogP contribution in [0.25, 0.3) is 0 Å². The molecule has 0 saturated heterocycles. The molecule has 0 radical (unpaired) electrons. The molecule has 84 valence electrons. The zero-order valence-corrected chi connectivity index (χ0v) is 9.09. The zero-order valence-electron chi connectivity index (χ0n) is 8.27. The van der Waals surface area contributed by atoms with E-state index in [1.165, 1.54) is 0 Å². The van der Waals surface area contributed by atoms with Crippen molar-refractivity contribution in [3.8, 4) is 0 Å². The van der Waals surface area contributed by atoms with E-state index in [1.807, 2.05) is 0 Å². The number of hydrogen-bond donors (Lipinski definition) is 2. The fourth-order valence-corrected chi connectivity index (χ4v) is 1.88. The van der Waals surface area contributed by atoms with Crippen LogP contribution in [0.3, 0.4) is 0 Å². The lowest BCUT2D eigenvalue weighted by atomic mass is 10.0. The summed E-state index contributed by atoms with van der Waals surface area (Å²) in [7, 11) is -2.98. The average molecular weight is 223 g/mol. The molecule has 3 N–H and O–H groups in total. The molecule has 0 aliphatic rings. The summed E-state index contributed by atoms with van der Waals surface area (Å²) in [5.74, 6) is -1.37. The minimum atomic E-state index is -2.98. The Hall–Kier alpha value is -0.620. The zero-order chi connectivity index (χ0) is 11.2. The molecule has 0 amide bonds. The maximum Gasteiger partial charge on any atom is 0.306 e. The Morgan fingerprint density at radius 1 is 1.43 bits per heavy atom. The number of rotatable bonds is 7. The highest BCUT2D eigenvalue weighted by atomic mass is 32.2. The van der Waals surface area contributed by atoms with Gasteiger partial charge in [0.1, 0.15) is 9.84 Å². The third kappa shape index (κ3) is 6.85. The first-order valence-corrected chi connectivity index (χ1v) is 6.53. The Morgan fingerprint density at radius 3 is 2.36 bits per heavy atom. The third-order valence-corrected chi connectivity index (χ3v) is 2.96. The fourth-order valence-electron chi connectivity index (χ4n) is 1.18. The number of aliphatic carboxylic acids is 1. The van der Waals surface area contributed by atoms with Crippen LogP contribution in [0, 0.1) is 5.92 Å². The lowest BCUT2D eigenvalue weighted by Gasteiger charge is -2.09. The van der Waals surface area contributed by atoms with Gasteiger partial charge < -0.3 is 10.8 Å². The van der Waals surface area contributed by atoms with Crippen LogP contribution in [0.4, 0.5) is 0 Å². The Morgan fingerprint density at radius 2 is 2.00 bits per heavy atom. The van der Waals surface area contributed by atoms with E-state index < -0.39 is 21.7 Å². The van der Waals surface area contributed by atoms with Gasteiger partial charge in [-0.2, -0.15) is 0 Å². The molecule has 0 aliphatic carbocycles. The summed E-state index contributed by atoms with van der Waals surface area (Å²) in [5.41, 5.74) is 5.24. The molecule has 0 bridgehead atoms. The molecule has 6 heteroatoms. The van der Waals surface area contributed by atoms with E-state index in [9.17, 15) is 13.2 Å². The number of carboxylic acids is 1. The van der Waals surface area contributed by atoms with E-state index in [0.29, 0.717) is 25.8 Å². The van der Waals surface area contributed by atoms with Crippen molar-refractivity contribution in [2.24, 2.45) is 11.7 Å². The van der Waals surface area contributed by atoms with Crippen LogP contribution in [0.5, 0.6) is 0 Å². The third-order valence-electron chi connectivity index (χ3n) is 1.93. The lowest BCUT2D eigenvalue weighted by molar-refractivity contribution is -0.142. The summed E-state index contributed by atoms with van der Waals surface area (Å²) in [6.45, 7) is 0.315. The van der Waals surface area contributed by atoms with E-state index >= 15 is 0 Å². The van der Waals surface area contributed by atoms with Crippen molar-refractivity contribution >= 4 is 15.8 Å². The SMILES string of the molecule is CS(=O)(=O)CCCC(CCN)C(=O)O. The number of hydrogen-bond acceptors (Lipinski definition) is 4. The van der Waals surface area contributed by atoms with Gasteiger partial charge in [0.15, 0.2) is 0 Å². The molecule has 5 nitrogen and oxygen atoms in total. The highest BCUT2D eigenvalue weighted by Gasteiger charge is 2.16. The van der Waals surface area contributed by atoms with Gasteiger partial charge in [-0.1, -0.05) is 0 Å². The first-order chi connectivity index (χ1) is 6.37. The standard InChI is InChI=1S/C8H17NO4S/c1-14(12,13)6-2-3-7(4-5-9)8(10)11/h7H,2-6,9H2,1H3,(H,10,11). The van der Waals surface area contributed by atoms with Crippen molar-refractivity contribution in [1.29, 1.82) is 0 Å². The second-order valence-corrected chi connectivity index (χ2v) is 5.64. The van der Waals surface area contributed by atoms with Crippen molar-refractivity contribution in [2.45, 2.75) is 19.3 Å². The van der Waals surface area contributed by atoms with Gasteiger partial charge in [0.25, 0.3) is 0 Å². The van der Waals surface area contributed by atoms with E-state index in [4.69, 9.17) is 10.8 Å². The minimum Gasteiger partial charge on any atom is -0.481 e. The van der Waals surface area contributed by atoms with Gasteiger partial charge in [-0.05, 0) is 25.8 Å². The Kier molecular flexibility index (Phi) is 5.71. The molecule has 0 saturated carbocycles. The van der Waals surface area contributed by atoms with Crippen LogP contribution in [0.2, 0.25) is 0 Å². The molecular weight excluding hydrogens is 206 g/mol. The maximum absolute atomic E-state index is 10.8. The summed E-state index contributed by atoms with van der Waals surface area (Å²) in [5, 5.41) is 8.73. The molecule has 1 atom stereocenters. The number of nitrogens with two attached hydrogens (primary N) is 1. The van der Waals surface area contributed by atoms with Crippen molar-refractivity contribution < 1.29 is 18.3 Å². The lowest BCUT2D eigenvalue weighted by Crippen LogP contribution is -2.19. The van der Waals surface area contributed by atoms with E-state index in [2.05, 4.69) is 0 Å². The van der Waals surface area contributed by atoms with Gasteiger partial charge >= 0.3 is 5.97 Å². The summed E-state index contributed by atoms with van der Waals surface area (Å²) >= 11 is 0. The molecule has 0 aromatic carbocycles. The summed E-state index contributed by atoms with van der Waals surface area (Å²) < 4.78 is 21.5. The highest BCUT2D eigenvalue weighted by Crippen LogP contribution is 2.11. The van der Waals surface area contributed by atoms with Crippen LogP contribution in [0.15, 0.2) is 0 Å². The van der Waals surface area contributed by atoms with Crippen LogP contribution in [-0.4, -0.2) is 38.0 Å². The van der Waals surface area contributed by atoms with Gasteiger partial charge in [0.2, 0.25) is 0 Å². The normalized spacial score (nSPS) is 13.9. The molecule has 0 aromatic rings. The largest absolute Gasteiger partial charge is 0.481 e. The van der Waals surface area contributed by atoms with Gasteiger partial charge in [0.05, 0.1) is 5.92 Å². The average Bonchev–Trinajstić information content (AvgIpc) is 2.00. The molecule has 0 aromatic heterocycles. The van der Waals surface area contributed by atoms with Crippen LogP contribution in [-0.2, 0) is 14.6 Å². The molecule has 0 aliphatic heterocycles. The van der Waals surface area contributed by atoms with Gasteiger partial charge in [-0.25, -0.2) is 8.42 Å². The molecule has 0 heterocycles. The van der Waals surface area contributed by atoms with E-state index in [0.717, 1.165) is 6.26 Å². The fraction of sp³-hybridized carbons (Fsp3) is 0.875. The molecule has 14 heavy (non-hydrogen) atoms. The molecule has 0 spiro atoms. The van der Waals surface area contributed by atoms with Gasteiger partial charge in [0, 0.05) is 12.0 Å². The predicted octanol–water partition coefficient (Wildman–Crippen LogP) is -0.139. The smallest absolute Gasteiger partial charge is 0.306 e. The van der Waals surface area contributed by atoms with E-state index in [-0.39, 0.29) is 5.75 Å². The predicted molar refractivity (Wildman–Crippen MR) is 53.7 cm³/mol. The van der Waals surface area contributed by atoms with Gasteiger partial charge in [-0.15, -0.1) is 0 Å². The summed E-state index contributed by atoms with van der Waals surface area (Å²) in [6.07, 6.45) is 2.31. The Balaban J connectivity index is 3.89. The van der Waals surface area contributed by atoms with Crippen LogP contribution >= 0.6 is 0 Å². The number of sulfone groups is 1. The Bertz CT molecular complexity index is 273. The topological polar surface area (TPSA) is 97.5 Å². The quantitative estimate of drug-likeness (QED) is 0.626. The minimum absolute atomic E-state index is 0.0430. The highest BCUT2D eigenvalue weighted by molar-refractivity contribution is 7.90. The van der Waals surface area contributed by atoms with Crippen molar-refractivity contribution in [1.82, 2.24) is 0 Å². The van der Waals surface area contributed by atoms with Crippen molar-refractivity contribution in [3.63, 3.8) is 0 Å². The maximum atomic E-state index is 10.8. The molecule has 0 fully saturated rings. The monoisotopic (exact) mass is 223 g/mol. The molecular formula is C8H17NO4S. The first-order valence-electron chi connectivity index (χ1n) is 4.47. The van der Waals surface area contributed by atoms with E-state index in [1.54, 1.807) is 0 Å².